The number of aryl methyl sites for hydroxylation is 2. The maximum absolute atomic E-state index is 4.78. The van der Waals surface area contributed by atoms with Crippen molar-refractivity contribution < 1.29 is 0 Å². The Bertz CT molecular complexity index is 405. The molecule has 1 aliphatic rings. The predicted molar refractivity (Wildman–Crippen MR) is 93.1 cm³/mol. The van der Waals surface area contributed by atoms with Gasteiger partial charge in [0.05, 0.1) is 10.7 Å². The summed E-state index contributed by atoms with van der Waals surface area (Å²) >= 11 is 1.92. The molecule has 1 aromatic rings. The molecule has 1 aromatic heterocycles. The zero-order valence-electron chi connectivity index (χ0n) is 14.2. The molecule has 0 radical (unpaired) electrons. The van der Waals surface area contributed by atoms with Crippen LogP contribution in [0.2, 0.25) is 0 Å². The van der Waals surface area contributed by atoms with Crippen molar-refractivity contribution in [2.45, 2.75) is 66.2 Å². The zero-order valence-corrected chi connectivity index (χ0v) is 15.1. The largest absolute Gasteiger partial charge is 0.316 e. The summed E-state index contributed by atoms with van der Waals surface area (Å²) in [4.78, 5) is 6.18. The van der Waals surface area contributed by atoms with E-state index in [-0.39, 0.29) is 0 Å². The van der Waals surface area contributed by atoms with Crippen LogP contribution in [0, 0.1) is 31.6 Å². The van der Waals surface area contributed by atoms with Gasteiger partial charge in [0.2, 0.25) is 0 Å². The topological polar surface area (TPSA) is 24.9 Å². The average molecular weight is 309 g/mol. The molecule has 0 aromatic carbocycles. The summed E-state index contributed by atoms with van der Waals surface area (Å²) in [5, 5.41) is 5.02. The van der Waals surface area contributed by atoms with Crippen LogP contribution >= 0.6 is 11.3 Å². The summed E-state index contributed by atoms with van der Waals surface area (Å²) < 4.78 is 0. The Morgan fingerprint density at radius 2 is 2.00 bits per heavy atom. The van der Waals surface area contributed by atoms with Crippen molar-refractivity contribution in [3.8, 4) is 0 Å². The van der Waals surface area contributed by atoms with Gasteiger partial charge in [-0.15, -0.1) is 11.3 Å². The Morgan fingerprint density at radius 3 is 2.62 bits per heavy atom. The third-order valence-electron chi connectivity index (χ3n) is 5.17. The standard InChI is InChI=1S/C18H32N2S/c1-5-9-19-12-16-8-7-15(6-2)10-17(16)11-18-20-13(3)14(4)21-18/h15-17,19H,5-12H2,1-4H3. The summed E-state index contributed by atoms with van der Waals surface area (Å²) in [7, 11) is 0. The lowest BCUT2D eigenvalue weighted by molar-refractivity contribution is 0.171. The summed E-state index contributed by atoms with van der Waals surface area (Å²) in [6, 6.07) is 0. The van der Waals surface area contributed by atoms with E-state index in [1.165, 1.54) is 60.6 Å². The van der Waals surface area contributed by atoms with Gasteiger partial charge in [0.25, 0.3) is 0 Å². The van der Waals surface area contributed by atoms with Crippen LogP contribution in [0.25, 0.3) is 0 Å². The SMILES string of the molecule is CCCNCC1CCC(CC)CC1Cc1nc(C)c(C)s1. The Labute approximate surface area is 134 Å². The highest BCUT2D eigenvalue weighted by atomic mass is 32.1. The summed E-state index contributed by atoms with van der Waals surface area (Å²) in [6.07, 6.45) is 8.03. The Kier molecular flexibility index (Phi) is 6.69. The lowest BCUT2D eigenvalue weighted by atomic mass is 9.72. The molecule has 2 nitrogen and oxygen atoms in total. The third-order valence-corrected chi connectivity index (χ3v) is 6.26. The number of nitrogens with one attached hydrogen (secondary N) is 1. The van der Waals surface area contributed by atoms with E-state index in [2.05, 4.69) is 33.0 Å². The van der Waals surface area contributed by atoms with Crippen molar-refractivity contribution in [3.05, 3.63) is 15.6 Å². The van der Waals surface area contributed by atoms with Gasteiger partial charge in [-0.2, -0.15) is 0 Å². The van der Waals surface area contributed by atoms with Gasteiger partial charge in [0.1, 0.15) is 0 Å². The first kappa shape index (κ1) is 17.0. The summed E-state index contributed by atoms with van der Waals surface area (Å²) in [6.45, 7) is 11.3. The van der Waals surface area contributed by atoms with Crippen LogP contribution in [-0.4, -0.2) is 18.1 Å². The Balaban J connectivity index is 1.98. The highest BCUT2D eigenvalue weighted by molar-refractivity contribution is 7.11. The van der Waals surface area contributed by atoms with E-state index in [1.54, 1.807) is 0 Å². The fraction of sp³-hybridized carbons (Fsp3) is 0.833. The quantitative estimate of drug-likeness (QED) is 0.736. The minimum Gasteiger partial charge on any atom is -0.316 e. The fourth-order valence-electron chi connectivity index (χ4n) is 3.63. The lowest BCUT2D eigenvalue weighted by Crippen LogP contribution is -2.34. The minimum atomic E-state index is 0.831. The monoisotopic (exact) mass is 308 g/mol. The third kappa shape index (κ3) is 4.79. The molecule has 1 N–H and O–H groups in total. The number of hydrogen-bond donors (Lipinski definition) is 1. The van der Waals surface area contributed by atoms with Crippen molar-refractivity contribution in [2.24, 2.45) is 17.8 Å². The number of nitrogens with zero attached hydrogens (tertiary/aromatic N) is 1. The first-order valence-electron chi connectivity index (χ1n) is 8.77. The van der Waals surface area contributed by atoms with Gasteiger partial charge in [0.15, 0.2) is 0 Å². The second-order valence-corrected chi connectivity index (χ2v) is 8.05. The molecule has 3 unspecified atom stereocenters. The van der Waals surface area contributed by atoms with Gasteiger partial charge in [-0.3, -0.25) is 0 Å². The molecule has 0 aliphatic heterocycles. The van der Waals surface area contributed by atoms with Gasteiger partial charge < -0.3 is 5.32 Å². The lowest BCUT2D eigenvalue weighted by Gasteiger charge is -2.36. The average Bonchev–Trinajstić information content (AvgIpc) is 2.79. The van der Waals surface area contributed by atoms with Crippen molar-refractivity contribution in [1.29, 1.82) is 0 Å². The molecule has 3 atom stereocenters. The molecule has 2 rings (SSSR count). The van der Waals surface area contributed by atoms with Crippen LogP contribution in [-0.2, 0) is 6.42 Å². The molecule has 0 saturated heterocycles. The first-order valence-corrected chi connectivity index (χ1v) is 9.59. The molecule has 3 heteroatoms. The molecule has 1 aliphatic carbocycles. The van der Waals surface area contributed by atoms with Crippen LogP contribution in [0.5, 0.6) is 0 Å². The normalized spacial score (nSPS) is 26.2. The molecule has 0 bridgehead atoms. The summed E-state index contributed by atoms with van der Waals surface area (Å²) in [5.74, 6) is 2.63. The number of rotatable bonds is 7. The van der Waals surface area contributed by atoms with E-state index in [0.29, 0.717) is 0 Å². The van der Waals surface area contributed by atoms with Crippen molar-refractivity contribution in [3.63, 3.8) is 0 Å². The maximum atomic E-state index is 4.78. The molecular formula is C18H32N2S. The zero-order chi connectivity index (χ0) is 15.2. The highest BCUT2D eigenvalue weighted by Gasteiger charge is 2.30. The van der Waals surface area contributed by atoms with Gasteiger partial charge in [-0.1, -0.05) is 26.7 Å². The van der Waals surface area contributed by atoms with Crippen LogP contribution in [0.15, 0.2) is 0 Å². The van der Waals surface area contributed by atoms with E-state index in [0.717, 1.165) is 24.3 Å². The maximum Gasteiger partial charge on any atom is 0.0933 e. The second kappa shape index (κ2) is 8.28. The van der Waals surface area contributed by atoms with Crippen LogP contribution in [0.4, 0.5) is 0 Å². The molecule has 120 valence electrons. The van der Waals surface area contributed by atoms with E-state index in [4.69, 9.17) is 4.98 Å². The molecule has 1 fully saturated rings. The molecule has 21 heavy (non-hydrogen) atoms. The van der Waals surface area contributed by atoms with Crippen LogP contribution < -0.4 is 5.32 Å². The molecule has 0 spiro atoms. The fourth-order valence-corrected chi connectivity index (χ4v) is 4.66. The highest BCUT2D eigenvalue weighted by Crippen LogP contribution is 2.37. The number of aromatic nitrogens is 1. The van der Waals surface area contributed by atoms with Crippen molar-refractivity contribution >= 4 is 11.3 Å². The van der Waals surface area contributed by atoms with E-state index >= 15 is 0 Å². The van der Waals surface area contributed by atoms with Crippen molar-refractivity contribution in [1.82, 2.24) is 10.3 Å². The van der Waals surface area contributed by atoms with Crippen LogP contribution in [0.3, 0.4) is 0 Å². The number of hydrogen-bond acceptors (Lipinski definition) is 3. The predicted octanol–water partition coefficient (Wildman–Crippen LogP) is 4.74. The minimum absolute atomic E-state index is 0.831. The summed E-state index contributed by atoms with van der Waals surface area (Å²) in [5.41, 5.74) is 1.23. The molecule has 1 saturated carbocycles. The van der Waals surface area contributed by atoms with Gasteiger partial charge >= 0.3 is 0 Å². The number of thiazole rings is 1. The Hall–Kier alpha value is -0.410. The van der Waals surface area contributed by atoms with E-state index in [9.17, 15) is 0 Å². The Morgan fingerprint density at radius 1 is 1.19 bits per heavy atom. The van der Waals surface area contributed by atoms with E-state index in [1.807, 2.05) is 11.3 Å². The van der Waals surface area contributed by atoms with Gasteiger partial charge in [-0.05, 0) is 64.0 Å². The van der Waals surface area contributed by atoms with Gasteiger partial charge in [-0.25, -0.2) is 4.98 Å². The molecular weight excluding hydrogens is 276 g/mol. The van der Waals surface area contributed by atoms with Crippen LogP contribution in [0.1, 0.15) is 61.5 Å². The smallest absolute Gasteiger partial charge is 0.0933 e. The molecule has 1 heterocycles. The van der Waals surface area contributed by atoms with Crippen molar-refractivity contribution in [2.75, 3.05) is 13.1 Å². The van der Waals surface area contributed by atoms with E-state index < -0.39 is 0 Å². The van der Waals surface area contributed by atoms with Gasteiger partial charge in [0, 0.05) is 11.3 Å². The second-order valence-electron chi connectivity index (χ2n) is 6.76. The first-order chi connectivity index (χ1) is 10.1. The molecule has 0 amide bonds.